The summed E-state index contributed by atoms with van der Waals surface area (Å²) < 4.78 is 6.14. The van der Waals surface area contributed by atoms with Crippen LogP contribution in [0.5, 0.6) is 5.75 Å². The van der Waals surface area contributed by atoms with E-state index in [1.807, 2.05) is 43.3 Å². The molecule has 0 saturated heterocycles. The van der Waals surface area contributed by atoms with Gasteiger partial charge in [0.25, 0.3) is 0 Å². The molecule has 2 aromatic rings. The van der Waals surface area contributed by atoms with Crippen molar-refractivity contribution in [1.82, 2.24) is 0 Å². The van der Waals surface area contributed by atoms with E-state index >= 15 is 0 Å². The van der Waals surface area contributed by atoms with Crippen LogP contribution >= 0.6 is 11.6 Å². The largest absolute Gasteiger partial charge is 0.484 e. The normalized spacial score (nSPS) is 13.8. The molecule has 0 amide bonds. The van der Waals surface area contributed by atoms with Gasteiger partial charge in [-0.1, -0.05) is 41.9 Å². The Kier molecular flexibility index (Phi) is 4.69. The first-order valence-electron chi connectivity index (χ1n) is 6.73. The van der Waals surface area contributed by atoms with Crippen molar-refractivity contribution in [3.63, 3.8) is 0 Å². The van der Waals surface area contributed by atoms with Crippen LogP contribution in [0, 0.1) is 13.8 Å². The number of ether oxygens (including phenoxy) is 1. The zero-order chi connectivity index (χ0) is 14.7. The number of halogens is 1. The molecule has 2 aromatic carbocycles. The fourth-order valence-corrected chi connectivity index (χ4v) is 2.39. The first-order chi connectivity index (χ1) is 9.50. The number of hydrogen-bond acceptors (Lipinski definition) is 2. The molecule has 0 heterocycles. The summed E-state index contributed by atoms with van der Waals surface area (Å²) in [5.41, 5.74) is 9.34. The van der Waals surface area contributed by atoms with E-state index < -0.39 is 0 Å². The van der Waals surface area contributed by atoms with Crippen molar-refractivity contribution in [1.29, 1.82) is 0 Å². The van der Waals surface area contributed by atoms with E-state index in [1.54, 1.807) is 0 Å². The molecule has 0 radical (unpaired) electrons. The molecule has 0 fully saturated rings. The van der Waals surface area contributed by atoms with E-state index in [1.165, 1.54) is 5.56 Å². The van der Waals surface area contributed by atoms with E-state index in [4.69, 9.17) is 22.1 Å². The molecular formula is C17H20ClNO. The molecular weight excluding hydrogens is 270 g/mol. The van der Waals surface area contributed by atoms with Gasteiger partial charge in [0.1, 0.15) is 11.9 Å². The van der Waals surface area contributed by atoms with Gasteiger partial charge in [0, 0.05) is 16.6 Å². The van der Waals surface area contributed by atoms with Crippen molar-refractivity contribution in [3.05, 3.63) is 64.2 Å². The molecule has 2 N–H and O–H groups in total. The molecule has 0 aliphatic carbocycles. The van der Waals surface area contributed by atoms with Crippen LogP contribution in [-0.4, -0.2) is 6.04 Å². The second-order valence-corrected chi connectivity index (χ2v) is 5.52. The van der Waals surface area contributed by atoms with Crippen LogP contribution in [0.15, 0.2) is 42.5 Å². The third kappa shape index (κ3) is 3.14. The molecule has 0 aliphatic heterocycles. The average molecular weight is 290 g/mol. The first kappa shape index (κ1) is 14.9. The predicted octanol–water partition coefficient (Wildman–Crippen LogP) is 4.42. The molecule has 2 nitrogen and oxygen atoms in total. The number of aryl methyl sites for hydroxylation is 1. The maximum absolute atomic E-state index is 6.26. The number of benzene rings is 2. The van der Waals surface area contributed by atoms with Gasteiger partial charge in [-0.3, -0.25) is 0 Å². The lowest BCUT2D eigenvalue weighted by molar-refractivity contribution is 0.179. The van der Waals surface area contributed by atoms with E-state index in [9.17, 15) is 0 Å². The quantitative estimate of drug-likeness (QED) is 0.904. The summed E-state index contributed by atoms with van der Waals surface area (Å²) in [6.07, 6.45) is -0.260. The lowest BCUT2D eigenvalue weighted by Gasteiger charge is -2.25. The summed E-state index contributed by atoms with van der Waals surface area (Å²) in [5.74, 6) is 0.854. The Morgan fingerprint density at radius 1 is 1.05 bits per heavy atom. The Morgan fingerprint density at radius 2 is 1.75 bits per heavy atom. The van der Waals surface area contributed by atoms with Crippen molar-refractivity contribution in [2.24, 2.45) is 5.73 Å². The smallest absolute Gasteiger partial charge is 0.140 e. The number of rotatable bonds is 4. The monoisotopic (exact) mass is 289 g/mol. The standard InChI is InChI=1S/C17H20ClNO/c1-11-7-6-10-16(12(11)2)20-17(13(3)19)14-8-4-5-9-15(14)18/h4-10,13,17H,19H2,1-3H3. The van der Waals surface area contributed by atoms with Crippen molar-refractivity contribution >= 4 is 11.6 Å². The van der Waals surface area contributed by atoms with Gasteiger partial charge in [-0.2, -0.15) is 0 Å². The second-order valence-electron chi connectivity index (χ2n) is 5.12. The highest BCUT2D eigenvalue weighted by Gasteiger charge is 2.21. The summed E-state index contributed by atoms with van der Waals surface area (Å²) in [6.45, 7) is 6.05. The Hall–Kier alpha value is -1.51. The molecule has 0 saturated carbocycles. The third-order valence-corrected chi connectivity index (χ3v) is 3.84. The van der Waals surface area contributed by atoms with Gasteiger partial charge in [-0.15, -0.1) is 0 Å². The Labute approximate surface area is 125 Å². The Bertz CT molecular complexity index is 595. The molecule has 0 bridgehead atoms. The van der Waals surface area contributed by atoms with Gasteiger partial charge >= 0.3 is 0 Å². The van der Waals surface area contributed by atoms with Crippen LogP contribution in [0.2, 0.25) is 5.02 Å². The van der Waals surface area contributed by atoms with E-state index in [2.05, 4.69) is 19.9 Å². The molecule has 0 aliphatic rings. The molecule has 106 valence electrons. The van der Waals surface area contributed by atoms with Crippen LogP contribution in [0.25, 0.3) is 0 Å². The minimum atomic E-state index is -0.260. The Morgan fingerprint density at radius 3 is 2.40 bits per heavy atom. The van der Waals surface area contributed by atoms with Gasteiger partial charge in [0.05, 0.1) is 0 Å². The highest BCUT2D eigenvalue weighted by Crippen LogP contribution is 2.31. The zero-order valence-corrected chi connectivity index (χ0v) is 12.8. The molecule has 20 heavy (non-hydrogen) atoms. The lowest BCUT2D eigenvalue weighted by atomic mass is 10.0. The number of hydrogen-bond donors (Lipinski definition) is 1. The summed E-state index contributed by atoms with van der Waals surface area (Å²) in [6, 6.07) is 13.5. The molecule has 3 heteroatoms. The Balaban J connectivity index is 2.36. The van der Waals surface area contributed by atoms with Crippen LogP contribution in [-0.2, 0) is 0 Å². The maximum atomic E-state index is 6.26. The highest BCUT2D eigenvalue weighted by molar-refractivity contribution is 6.31. The van der Waals surface area contributed by atoms with Gasteiger partial charge in [-0.05, 0) is 44.0 Å². The van der Waals surface area contributed by atoms with Crippen molar-refractivity contribution in [2.45, 2.75) is 32.9 Å². The van der Waals surface area contributed by atoms with Crippen molar-refractivity contribution in [3.8, 4) is 5.75 Å². The van der Waals surface area contributed by atoms with Crippen molar-refractivity contribution in [2.75, 3.05) is 0 Å². The van der Waals surface area contributed by atoms with Gasteiger partial charge in [-0.25, -0.2) is 0 Å². The minimum Gasteiger partial charge on any atom is -0.484 e. The highest BCUT2D eigenvalue weighted by atomic mass is 35.5. The zero-order valence-electron chi connectivity index (χ0n) is 12.1. The van der Waals surface area contributed by atoms with Crippen LogP contribution in [0.3, 0.4) is 0 Å². The number of nitrogens with two attached hydrogens (primary N) is 1. The molecule has 2 unspecified atom stereocenters. The molecule has 2 atom stereocenters. The summed E-state index contributed by atoms with van der Waals surface area (Å²) >= 11 is 6.26. The first-order valence-corrected chi connectivity index (χ1v) is 7.11. The fraction of sp³-hybridized carbons (Fsp3) is 0.294. The molecule has 0 aromatic heterocycles. The topological polar surface area (TPSA) is 35.2 Å². The van der Waals surface area contributed by atoms with Crippen LogP contribution in [0.1, 0.15) is 29.7 Å². The van der Waals surface area contributed by atoms with E-state index in [-0.39, 0.29) is 12.1 Å². The van der Waals surface area contributed by atoms with Gasteiger partial charge in [0.15, 0.2) is 0 Å². The molecule has 2 rings (SSSR count). The predicted molar refractivity (Wildman–Crippen MR) is 84.4 cm³/mol. The SMILES string of the molecule is Cc1cccc(OC(c2ccccc2Cl)C(C)N)c1C. The van der Waals surface area contributed by atoms with Crippen LogP contribution in [0.4, 0.5) is 0 Å². The molecule has 0 spiro atoms. The fourth-order valence-electron chi connectivity index (χ4n) is 2.15. The lowest BCUT2D eigenvalue weighted by Crippen LogP contribution is -2.29. The minimum absolute atomic E-state index is 0.158. The summed E-state index contributed by atoms with van der Waals surface area (Å²) in [4.78, 5) is 0. The van der Waals surface area contributed by atoms with Crippen LogP contribution < -0.4 is 10.5 Å². The summed E-state index contributed by atoms with van der Waals surface area (Å²) in [5, 5.41) is 0.681. The van der Waals surface area contributed by atoms with Gasteiger partial charge < -0.3 is 10.5 Å². The third-order valence-electron chi connectivity index (χ3n) is 3.50. The van der Waals surface area contributed by atoms with E-state index in [0.29, 0.717) is 5.02 Å². The summed E-state index contributed by atoms with van der Waals surface area (Å²) in [7, 11) is 0. The van der Waals surface area contributed by atoms with E-state index in [0.717, 1.165) is 16.9 Å². The van der Waals surface area contributed by atoms with Gasteiger partial charge in [0.2, 0.25) is 0 Å². The maximum Gasteiger partial charge on any atom is 0.140 e. The van der Waals surface area contributed by atoms with Crippen molar-refractivity contribution < 1.29 is 4.74 Å². The second kappa shape index (κ2) is 6.29. The average Bonchev–Trinajstić information content (AvgIpc) is 2.41.